The topological polar surface area (TPSA) is 39.0 Å². The Labute approximate surface area is 268 Å². The van der Waals surface area contributed by atoms with Gasteiger partial charge in [0.1, 0.15) is 5.41 Å². The van der Waals surface area contributed by atoms with E-state index in [0.717, 1.165) is 55.3 Å². The van der Waals surface area contributed by atoms with Gasteiger partial charge >= 0.3 is 0 Å². The zero-order chi connectivity index (χ0) is 30.9. The Hall–Kier alpha value is -5.87. The maximum atomic E-state index is 14.7. The van der Waals surface area contributed by atoms with E-state index in [0.29, 0.717) is 13.1 Å². The summed E-state index contributed by atoms with van der Waals surface area (Å²) in [5, 5.41) is 5.42. The molecule has 5 aromatic carbocycles. The number of hydrogen-bond donors (Lipinski definition) is 1. The number of hydrogen-bond acceptors (Lipinski definition) is 1. The van der Waals surface area contributed by atoms with E-state index >= 15 is 0 Å². The maximum Gasteiger partial charge on any atom is 0.244 e. The van der Waals surface area contributed by atoms with Crippen molar-refractivity contribution in [1.29, 1.82) is 0 Å². The summed E-state index contributed by atoms with van der Waals surface area (Å²) in [4.78, 5) is 14.7. The van der Waals surface area contributed by atoms with Gasteiger partial charge in [-0.15, -0.1) is 0 Å². The molecule has 0 atom stereocenters. The second-order valence-electron chi connectivity index (χ2n) is 11.8. The van der Waals surface area contributed by atoms with Crippen LogP contribution in [0.25, 0.3) is 34.0 Å². The van der Waals surface area contributed by atoms with Gasteiger partial charge < -0.3 is 14.5 Å². The monoisotopic (exact) mass is 595 g/mol. The highest BCUT2D eigenvalue weighted by Gasteiger charge is 2.52. The molecule has 1 amide bonds. The standard InChI is InChI=1S/C42H33N3O/c46-41-42(35-23-9-10-24-38(35)43-41,36-29-44(39-25-11-7-21-33(36)39)27-13-19-31-15-3-1-4-16-31)37-30-45(40-26-12-8-22-34(37)40)28-14-20-32-17-5-2-6-18-32/h1-26,29-30H,27-28H2,(H,43,46)/b19-13+,20-14+. The molecule has 0 fully saturated rings. The highest BCUT2D eigenvalue weighted by atomic mass is 16.2. The molecule has 0 saturated carbocycles. The first-order valence-electron chi connectivity index (χ1n) is 15.7. The molecular weight excluding hydrogens is 562 g/mol. The average Bonchev–Trinajstić information content (AvgIpc) is 3.75. The number of nitrogens with one attached hydrogen (secondary N) is 1. The number of amides is 1. The number of rotatable bonds is 8. The molecule has 3 heterocycles. The van der Waals surface area contributed by atoms with Crippen LogP contribution in [0.15, 0.2) is 158 Å². The van der Waals surface area contributed by atoms with Gasteiger partial charge in [-0.25, -0.2) is 0 Å². The molecular formula is C42H33N3O. The summed E-state index contributed by atoms with van der Waals surface area (Å²) in [6.07, 6.45) is 13.1. The van der Waals surface area contributed by atoms with Crippen LogP contribution in [-0.4, -0.2) is 15.0 Å². The van der Waals surface area contributed by atoms with E-state index in [1.54, 1.807) is 0 Å². The Morgan fingerprint density at radius 3 is 1.52 bits per heavy atom. The van der Waals surface area contributed by atoms with Crippen molar-refractivity contribution in [1.82, 2.24) is 9.13 Å². The average molecular weight is 596 g/mol. The highest BCUT2D eigenvalue weighted by Crippen LogP contribution is 2.52. The SMILES string of the molecule is O=C1Nc2ccccc2C1(c1cn(C/C=C/c2ccccc2)c2ccccc12)c1cn(C/C=C/c2ccccc2)c2ccccc12. The molecule has 222 valence electrons. The van der Waals surface area contributed by atoms with Gasteiger partial charge in [0.25, 0.3) is 0 Å². The van der Waals surface area contributed by atoms with E-state index in [9.17, 15) is 4.79 Å². The molecule has 1 aliphatic heterocycles. The van der Waals surface area contributed by atoms with Crippen LogP contribution in [0.1, 0.15) is 27.8 Å². The molecule has 46 heavy (non-hydrogen) atoms. The Bertz CT molecular complexity index is 2120. The molecule has 4 heteroatoms. The van der Waals surface area contributed by atoms with Crippen molar-refractivity contribution in [2.24, 2.45) is 0 Å². The molecule has 0 spiro atoms. The van der Waals surface area contributed by atoms with E-state index < -0.39 is 5.41 Å². The molecule has 8 rings (SSSR count). The third-order valence-electron chi connectivity index (χ3n) is 9.13. The minimum atomic E-state index is -1.04. The van der Waals surface area contributed by atoms with E-state index in [-0.39, 0.29) is 5.91 Å². The number of benzene rings is 5. The van der Waals surface area contributed by atoms with Gasteiger partial charge in [0, 0.05) is 69.7 Å². The molecule has 0 unspecified atom stereocenters. The van der Waals surface area contributed by atoms with Crippen LogP contribution >= 0.6 is 0 Å². The molecule has 7 aromatic rings. The first kappa shape index (κ1) is 27.7. The van der Waals surface area contributed by atoms with Crippen LogP contribution in [-0.2, 0) is 23.3 Å². The number of para-hydroxylation sites is 3. The van der Waals surface area contributed by atoms with E-state index in [1.165, 1.54) is 0 Å². The first-order valence-corrected chi connectivity index (χ1v) is 15.7. The Kier molecular flexibility index (Phi) is 6.96. The highest BCUT2D eigenvalue weighted by molar-refractivity contribution is 6.15. The van der Waals surface area contributed by atoms with E-state index in [1.807, 2.05) is 30.3 Å². The summed E-state index contributed by atoms with van der Waals surface area (Å²) >= 11 is 0. The molecule has 4 nitrogen and oxygen atoms in total. The second kappa shape index (κ2) is 11.6. The van der Waals surface area contributed by atoms with Crippen LogP contribution in [0.4, 0.5) is 5.69 Å². The van der Waals surface area contributed by atoms with Gasteiger partial charge in [-0.1, -0.05) is 140 Å². The normalized spacial score (nSPS) is 14.0. The fourth-order valence-corrected chi connectivity index (χ4v) is 7.06. The lowest BCUT2D eigenvalue weighted by atomic mass is 9.70. The quantitative estimate of drug-likeness (QED) is 0.187. The minimum Gasteiger partial charge on any atom is -0.343 e. The lowest BCUT2D eigenvalue weighted by Gasteiger charge is -2.28. The van der Waals surface area contributed by atoms with Crippen molar-refractivity contribution in [2.75, 3.05) is 5.32 Å². The molecule has 1 aliphatic rings. The number of carbonyl (C=O) groups excluding carboxylic acids is 1. The van der Waals surface area contributed by atoms with Gasteiger partial charge in [0.2, 0.25) is 5.91 Å². The Balaban J connectivity index is 1.32. The molecule has 0 radical (unpaired) electrons. The number of nitrogens with zero attached hydrogens (tertiary/aromatic N) is 2. The maximum absolute atomic E-state index is 14.7. The number of aromatic nitrogens is 2. The van der Waals surface area contributed by atoms with E-state index in [2.05, 4.69) is 154 Å². The summed E-state index contributed by atoms with van der Waals surface area (Å²) in [6.45, 7) is 1.36. The zero-order valence-electron chi connectivity index (χ0n) is 25.4. The Morgan fingerprint density at radius 2 is 0.978 bits per heavy atom. The van der Waals surface area contributed by atoms with Crippen molar-refractivity contribution in [3.8, 4) is 0 Å². The first-order chi connectivity index (χ1) is 22.7. The van der Waals surface area contributed by atoms with E-state index in [4.69, 9.17) is 0 Å². The lowest BCUT2D eigenvalue weighted by molar-refractivity contribution is -0.118. The molecule has 0 aliphatic carbocycles. The fraction of sp³-hybridized carbons (Fsp3) is 0.0714. The van der Waals surface area contributed by atoms with Gasteiger partial charge in [-0.2, -0.15) is 0 Å². The zero-order valence-corrected chi connectivity index (χ0v) is 25.4. The molecule has 2 aromatic heterocycles. The summed E-state index contributed by atoms with van der Waals surface area (Å²) in [7, 11) is 0. The van der Waals surface area contributed by atoms with Crippen LogP contribution in [0.2, 0.25) is 0 Å². The van der Waals surface area contributed by atoms with Crippen molar-refractivity contribution < 1.29 is 4.79 Å². The smallest absolute Gasteiger partial charge is 0.244 e. The third-order valence-corrected chi connectivity index (χ3v) is 9.13. The van der Waals surface area contributed by atoms with Crippen LogP contribution in [0.3, 0.4) is 0 Å². The number of anilines is 1. The van der Waals surface area contributed by atoms with Crippen molar-refractivity contribution >= 4 is 45.6 Å². The van der Waals surface area contributed by atoms with Gasteiger partial charge in [-0.05, 0) is 29.3 Å². The predicted octanol–water partition coefficient (Wildman–Crippen LogP) is 9.31. The summed E-state index contributed by atoms with van der Waals surface area (Å²) in [6, 6.07) is 45.7. The van der Waals surface area contributed by atoms with Gasteiger partial charge in [0.15, 0.2) is 0 Å². The summed E-state index contributed by atoms with van der Waals surface area (Å²) in [5.74, 6) is -0.0286. The summed E-state index contributed by atoms with van der Waals surface area (Å²) in [5.41, 5.74) is 7.28. The van der Waals surface area contributed by atoms with Crippen LogP contribution < -0.4 is 5.32 Å². The van der Waals surface area contributed by atoms with Crippen molar-refractivity contribution in [2.45, 2.75) is 18.5 Å². The molecule has 1 N–H and O–H groups in total. The predicted molar refractivity (Wildman–Crippen MR) is 190 cm³/mol. The third kappa shape index (κ3) is 4.58. The van der Waals surface area contributed by atoms with Gasteiger partial charge in [-0.3, -0.25) is 4.79 Å². The lowest BCUT2D eigenvalue weighted by Crippen LogP contribution is -2.36. The number of carbonyl (C=O) groups is 1. The van der Waals surface area contributed by atoms with Crippen LogP contribution in [0, 0.1) is 0 Å². The van der Waals surface area contributed by atoms with Crippen molar-refractivity contribution in [3.63, 3.8) is 0 Å². The van der Waals surface area contributed by atoms with Crippen molar-refractivity contribution in [3.05, 3.63) is 186 Å². The minimum absolute atomic E-state index is 0.0286. The largest absolute Gasteiger partial charge is 0.343 e. The number of allylic oxidation sites excluding steroid dienone is 2. The Morgan fingerprint density at radius 1 is 0.522 bits per heavy atom. The van der Waals surface area contributed by atoms with Crippen LogP contribution in [0.5, 0.6) is 0 Å². The second-order valence-corrected chi connectivity index (χ2v) is 11.8. The molecule has 0 saturated heterocycles. The number of fused-ring (bicyclic) bond motifs is 3. The summed E-state index contributed by atoms with van der Waals surface area (Å²) < 4.78 is 4.53. The van der Waals surface area contributed by atoms with Gasteiger partial charge in [0.05, 0.1) is 0 Å². The fourth-order valence-electron chi connectivity index (χ4n) is 7.06. The molecule has 0 bridgehead atoms.